The Kier molecular flexibility index (Phi) is 21.6. The lowest BCUT2D eigenvalue weighted by molar-refractivity contribution is 0.590. The normalized spacial score (nSPS) is 12.2. The summed E-state index contributed by atoms with van der Waals surface area (Å²) in [6.45, 7) is 34.2. The average molecular weight is 1570 g/mol. The Morgan fingerprint density at radius 2 is 0.521 bits per heavy atom. The highest BCUT2D eigenvalue weighted by Gasteiger charge is 2.26. The van der Waals surface area contributed by atoms with Gasteiger partial charge in [-0.05, 0) is 183 Å². The number of hydrogen-bond acceptors (Lipinski definition) is 1. The first-order chi connectivity index (χ1) is 56.9. The van der Waals surface area contributed by atoms with Crippen molar-refractivity contribution in [3.8, 4) is 55.6 Å². The first-order valence-corrected chi connectivity index (χ1v) is 43.0. The monoisotopic (exact) mass is 1570 g/mol. The molecule has 119 heavy (non-hydrogen) atoms. The summed E-state index contributed by atoms with van der Waals surface area (Å²) in [5.74, 6) is 0. The molecule has 0 fully saturated rings. The van der Waals surface area contributed by atoms with Crippen molar-refractivity contribution in [3.05, 3.63) is 361 Å². The molecule has 0 unspecified atom stereocenters. The molecule has 20 aromatic rings. The fourth-order valence-electron chi connectivity index (χ4n) is 17.6. The third kappa shape index (κ3) is 16.0. The maximum Gasteiger partial charge on any atom is 0.0526 e. The summed E-state index contributed by atoms with van der Waals surface area (Å²) in [5, 5.41) is 13.6. The molecule has 0 saturated heterocycles. The van der Waals surface area contributed by atoms with E-state index in [9.17, 15) is 0 Å². The Labute approximate surface area is 708 Å². The van der Waals surface area contributed by atoms with Crippen molar-refractivity contribution < 1.29 is 0 Å². The Morgan fingerprint density at radius 1 is 0.185 bits per heavy atom. The van der Waals surface area contributed by atoms with Crippen LogP contribution in [0.15, 0.2) is 334 Å². The van der Waals surface area contributed by atoms with Gasteiger partial charge in [0.25, 0.3) is 0 Å². The zero-order chi connectivity index (χ0) is 83.6. The van der Waals surface area contributed by atoms with Crippen molar-refractivity contribution >= 4 is 119 Å². The molecule has 0 N–H and O–H groups in total. The molecule has 0 atom stereocenters. The molecule has 0 saturated carbocycles. The molecule has 0 bridgehead atoms. The molecular formula is C114H112N4S. The zero-order valence-electron chi connectivity index (χ0n) is 73.0. The van der Waals surface area contributed by atoms with Gasteiger partial charge in [-0.3, -0.25) is 0 Å². The van der Waals surface area contributed by atoms with Crippen LogP contribution < -0.4 is 0 Å². The molecule has 0 spiro atoms. The van der Waals surface area contributed by atoms with Gasteiger partial charge in [0.15, 0.2) is 0 Å². The second kappa shape index (κ2) is 31.9. The lowest BCUT2D eigenvalue weighted by Crippen LogP contribution is -2.12. The van der Waals surface area contributed by atoms with Gasteiger partial charge in [0.05, 0.1) is 5.52 Å². The van der Waals surface area contributed by atoms with Crippen molar-refractivity contribution in [2.45, 2.75) is 131 Å². The van der Waals surface area contributed by atoms with Gasteiger partial charge in [-0.25, -0.2) is 0 Å². The van der Waals surface area contributed by atoms with Crippen LogP contribution in [0.25, 0.3) is 163 Å². The number of aryl methyl sites for hydroxylation is 4. The summed E-state index contributed by atoms with van der Waals surface area (Å²) in [6.07, 6.45) is 0. The van der Waals surface area contributed by atoms with E-state index in [-0.39, 0.29) is 27.1 Å². The van der Waals surface area contributed by atoms with Gasteiger partial charge in [0.2, 0.25) is 0 Å². The summed E-state index contributed by atoms with van der Waals surface area (Å²) in [6, 6.07) is 121. The van der Waals surface area contributed by atoms with E-state index in [1.807, 2.05) is 11.3 Å². The summed E-state index contributed by atoms with van der Waals surface area (Å²) in [4.78, 5) is 0. The van der Waals surface area contributed by atoms with Crippen LogP contribution in [0.3, 0.4) is 0 Å². The SMILES string of the molecule is CC(C)(C)c1cccc2sc3cc(-c4ccccc4)ccc3c12.Cn1c2cc(-c3ccccc3)ccc2c2c(C(C)(C)C)cccc21.Cn1c2cc(-c3ccccc3)ccc2c2ccc(C(C)(C)C)cc21.Cn1c2ccc(-c3ccccc3)cc2c2cc(C(C)(C)C)ccc21.Cn1c2ccc(-c3ccccc3)cc2c2cccc(C(C)(C)C)c21. The fraction of sp³-hybridized carbons (Fsp3) is 0.211. The molecule has 4 nitrogen and oxygen atoms in total. The Bertz CT molecular complexity index is 7050. The topological polar surface area (TPSA) is 19.7 Å². The van der Waals surface area contributed by atoms with E-state index in [0.717, 1.165) is 0 Å². The fourth-order valence-corrected chi connectivity index (χ4v) is 18.8. The van der Waals surface area contributed by atoms with Gasteiger partial charge >= 0.3 is 0 Å². The highest BCUT2D eigenvalue weighted by molar-refractivity contribution is 7.25. The smallest absolute Gasteiger partial charge is 0.0526 e. The van der Waals surface area contributed by atoms with Gasteiger partial charge < -0.3 is 18.3 Å². The van der Waals surface area contributed by atoms with E-state index in [1.54, 1.807) is 0 Å². The maximum atomic E-state index is 2.37. The number of nitrogens with zero attached hydrogens (tertiary/aromatic N) is 4. The molecule has 15 aromatic carbocycles. The van der Waals surface area contributed by atoms with E-state index < -0.39 is 0 Å². The summed E-state index contributed by atoms with van der Waals surface area (Å²) < 4.78 is 12.1. The van der Waals surface area contributed by atoms with E-state index >= 15 is 0 Å². The number of fused-ring (bicyclic) bond motifs is 15. The summed E-state index contributed by atoms with van der Waals surface area (Å²) >= 11 is 1.90. The largest absolute Gasteiger partial charge is 0.344 e. The van der Waals surface area contributed by atoms with Gasteiger partial charge in [0, 0.05) is 130 Å². The third-order valence-electron chi connectivity index (χ3n) is 24.3. The Balaban J connectivity index is 0.000000111. The van der Waals surface area contributed by atoms with Crippen LogP contribution in [0.1, 0.15) is 132 Å². The van der Waals surface area contributed by atoms with Crippen molar-refractivity contribution in [2.24, 2.45) is 28.2 Å². The van der Waals surface area contributed by atoms with Gasteiger partial charge in [-0.15, -0.1) is 11.3 Å². The number of hydrogen-bond donors (Lipinski definition) is 0. The minimum atomic E-state index is 0.129. The second-order valence-corrected chi connectivity index (χ2v) is 38.7. The maximum absolute atomic E-state index is 2.37. The lowest BCUT2D eigenvalue weighted by atomic mass is 9.84. The van der Waals surface area contributed by atoms with Crippen molar-refractivity contribution in [1.29, 1.82) is 0 Å². The van der Waals surface area contributed by atoms with Crippen LogP contribution in [0, 0.1) is 0 Å². The quantitative estimate of drug-likeness (QED) is 0.164. The molecule has 5 heteroatoms. The molecule has 0 aliphatic heterocycles. The minimum Gasteiger partial charge on any atom is -0.344 e. The van der Waals surface area contributed by atoms with Gasteiger partial charge in [-0.1, -0.05) is 365 Å². The van der Waals surface area contributed by atoms with E-state index in [1.165, 1.54) is 191 Å². The standard InChI is InChI=1S/4C23H23N.C22H20S/c1-23(2,3)19-11-8-12-20-22(19)18-14-13-17(15-21(18)24(20)4)16-9-6-5-7-10-16;1-23(2,3)20-12-8-11-18-19-15-17(16-9-6-5-7-10-16)13-14-21(19)24(4)22(18)20;1-23(2,3)18-11-13-22-20(15-18)19-14-17(10-12-21(19)24(22)4)16-8-6-5-7-9-16;1-23(2,3)18-11-13-20-19-12-10-17(16-8-6-5-7-9-16)14-21(19)24(4)22(20)15-18;1-22(2,3)18-10-7-11-19-21(18)17-13-12-16(14-20(17)23-19)15-8-5-4-6-9-15/h4*5-15H,1-4H3;4-14H,1-3H3. The predicted octanol–water partition coefficient (Wildman–Crippen LogP) is 32.2. The number of thiophene rings is 1. The molecule has 0 aliphatic carbocycles. The second-order valence-electron chi connectivity index (χ2n) is 37.6. The highest BCUT2D eigenvalue weighted by atomic mass is 32.1. The van der Waals surface area contributed by atoms with Gasteiger partial charge in [0.1, 0.15) is 0 Å². The van der Waals surface area contributed by atoms with E-state index in [2.05, 4.69) is 484 Å². The minimum absolute atomic E-state index is 0.129. The number of benzene rings is 15. The molecule has 0 amide bonds. The molecule has 5 heterocycles. The van der Waals surface area contributed by atoms with Crippen LogP contribution >= 0.6 is 11.3 Å². The average Bonchev–Trinajstić information content (AvgIpc) is 1.62. The van der Waals surface area contributed by atoms with E-state index in [0.29, 0.717) is 0 Å². The lowest BCUT2D eigenvalue weighted by Gasteiger charge is -2.21. The van der Waals surface area contributed by atoms with Crippen LogP contribution in [0.4, 0.5) is 0 Å². The Hall–Kier alpha value is -12.3. The van der Waals surface area contributed by atoms with Crippen LogP contribution in [-0.2, 0) is 55.3 Å². The first kappa shape index (κ1) is 80.5. The van der Waals surface area contributed by atoms with Crippen molar-refractivity contribution in [1.82, 2.24) is 18.3 Å². The summed E-state index contributed by atoms with van der Waals surface area (Å²) in [5.41, 5.74) is 30.9. The van der Waals surface area contributed by atoms with Crippen LogP contribution in [0.2, 0.25) is 0 Å². The first-order valence-electron chi connectivity index (χ1n) is 42.2. The van der Waals surface area contributed by atoms with Crippen LogP contribution in [-0.4, -0.2) is 18.3 Å². The molecule has 0 aliphatic rings. The molecule has 20 rings (SSSR count). The Morgan fingerprint density at radius 3 is 1.01 bits per heavy atom. The van der Waals surface area contributed by atoms with Crippen molar-refractivity contribution in [2.75, 3.05) is 0 Å². The van der Waals surface area contributed by atoms with Crippen molar-refractivity contribution in [3.63, 3.8) is 0 Å². The van der Waals surface area contributed by atoms with Gasteiger partial charge in [-0.2, -0.15) is 0 Å². The zero-order valence-corrected chi connectivity index (χ0v) is 73.8. The molecular weight excluding hydrogens is 1460 g/mol. The third-order valence-corrected chi connectivity index (χ3v) is 25.4. The van der Waals surface area contributed by atoms with E-state index in [4.69, 9.17) is 0 Å². The van der Waals surface area contributed by atoms with Crippen LogP contribution in [0.5, 0.6) is 0 Å². The predicted molar refractivity (Wildman–Crippen MR) is 522 cm³/mol. The number of para-hydroxylation sites is 1. The molecule has 0 radical (unpaired) electrons. The number of aromatic nitrogens is 4. The number of rotatable bonds is 5. The molecule has 594 valence electrons. The molecule has 5 aromatic heterocycles. The highest BCUT2D eigenvalue weighted by Crippen LogP contribution is 2.45. The summed E-state index contributed by atoms with van der Waals surface area (Å²) in [7, 11) is 8.68.